The lowest BCUT2D eigenvalue weighted by Gasteiger charge is -2.14. The lowest BCUT2D eigenvalue weighted by Crippen LogP contribution is -2.01. The van der Waals surface area contributed by atoms with Crippen LogP contribution in [0.25, 0.3) is 0 Å². The Morgan fingerprint density at radius 1 is 1.20 bits per heavy atom. The van der Waals surface area contributed by atoms with Gasteiger partial charge < -0.3 is 9.84 Å². The Labute approximate surface area is 119 Å². The fourth-order valence-corrected chi connectivity index (χ4v) is 1.95. The Balaban J connectivity index is 2.13. The maximum absolute atomic E-state index is 9.74. The maximum atomic E-state index is 9.74. The van der Waals surface area contributed by atoms with E-state index in [1.54, 1.807) is 19.1 Å². The Morgan fingerprint density at radius 2 is 1.90 bits per heavy atom. The first-order valence-electron chi connectivity index (χ1n) is 6.50. The number of aliphatic hydroxyl groups excluding tert-OH is 1. The largest absolute Gasteiger partial charge is 0.489 e. The summed E-state index contributed by atoms with van der Waals surface area (Å²) in [5.41, 5.74) is 3.49. The van der Waals surface area contributed by atoms with Crippen molar-refractivity contribution >= 4 is 0 Å². The van der Waals surface area contributed by atoms with E-state index in [-0.39, 0.29) is 0 Å². The summed E-state index contributed by atoms with van der Waals surface area (Å²) in [6, 6.07) is 15.1. The second kappa shape index (κ2) is 6.23. The zero-order chi connectivity index (χ0) is 14.5. The predicted molar refractivity (Wildman–Crippen MR) is 77.3 cm³/mol. The minimum atomic E-state index is -0.563. The maximum Gasteiger partial charge on any atom is 0.125 e. The van der Waals surface area contributed by atoms with Crippen molar-refractivity contribution in [2.75, 3.05) is 0 Å². The molecule has 0 heterocycles. The van der Waals surface area contributed by atoms with Crippen molar-refractivity contribution < 1.29 is 9.84 Å². The van der Waals surface area contributed by atoms with E-state index < -0.39 is 6.10 Å². The Morgan fingerprint density at radius 3 is 2.50 bits per heavy atom. The molecule has 2 aromatic rings. The van der Waals surface area contributed by atoms with E-state index in [0.29, 0.717) is 17.9 Å². The average Bonchev–Trinajstić information content (AvgIpc) is 2.45. The van der Waals surface area contributed by atoms with Gasteiger partial charge in [0.05, 0.1) is 17.7 Å². The van der Waals surface area contributed by atoms with E-state index in [1.165, 1.54) is 0 Å². The second-order valence-corrected chi connectivity index (χ2v) is 4.81. The molecule has 0 aliphatic carbocycles. The minimum Gasteiger partial charge on any atom is -0.489 e. The first-order valence-corrected chi connectivity index (χ1v) is 6.50. The minimum absolute atomic E-state index is 0.412. The van der Waals surface area contributed by atoms with Crippen LogP contribution in [0, 0.1) is 18.3 Å². The fraction of sp³-hybridized carbons (Fsp3) is 0.235. The first-order chi connectivity index (χ1) is 9.60. The van der Waals surface area contributed by atoms with Crippen LogP contribution in [0.1, 0.15) is 35.3 Å². The molecule has 20 heavy (non-hydrogen) atoms. The van der Waals surface area contributed by atoms with E-state index >= 15 is 0 Å². The zero-order valence-electron chi connectivity index (χ0n) is 11.6. The SMILES string of the molecule is Cc1ccc([C@H](C)O)c(OCc2ccc(C#N)cc2)c1. The normalized spacial score (nSPS) is 11.7. The van der Waals surface area contributed by atoms with E-state index in [9.17, 15) is 5.11 Å². The molecule has 0 aromatic heterocycles. The average molecular weight is 267 g/mol. The van der Waals surface area contributed by atoms with Crippen LogP contribution in [0.5, 0.6) is 5.75 Å². The molecule has 0 unspecified atom stereocenters. The third-order valence-corrected chi connectivity index (χ3v) is 3.10. The highest BCUT2D eigenvalue weighted by Gasteiger charge is 2.09. The summed E-state index contributed by atoms with van der Waals surface area (Å²) in [6.45, 7) is 4.12. The third kappa shape index (κ3) is 3.37. The van der Waals surface area contributed by atoms with E-state index in [4.69, 9.17) is 10.00 Å². The first kappa shape index (κ1) is 14.1. The second-order valence-electron chi connectivity index (χ2n) is 4.81. The van der Waals surface area contributed by atoms with Gasteiger partial charge in [0, 0.05) is 5.56 Å². The van der Waals surface area contributed by atoms with Crippen molar-refractivity contribution in [2.24, 2.45) is 0 Å². The Hall–Kier alpha value is -2.31. The number of aliphatic hydroxyl groups is 1. The van der Waals surface area contributed by atoms with E-state index in [2.05, 4.69) is 6.07 Å². The van der Waals surface area contributed by atoms with Crippen LogP contribution in [0.15, 0.2) is 42.5 Å². The summed E-state index contributed by atoms with van der Waals surface area (Å²) in [4.78, 5) is 0. The number of ether oxygens (including phenoxy) is 1. The summed E-state index contributed by atoms with van der Waals surface area (Å²) in [7, 11) is 0. The molecule has 0 aliphatic rings. The number of nitriles is 1. The molecule has 1 N–H and O–H groups in total. The van der Waals surface area contributed by atoms with Gasteiger partial charge in [-0.25, -0.2) is 0 Å². The van der Waals surface area contributed by atoms with Gasteiger partial charge in [-0.1, -0.05) is 24.3 Å². The van der Waals surface area contributed by atoms with Gasteiger partial charge in [0.1, 0.15) is 12.4 Å². The van der Waals surface area contributed by atoms with Crippen molar-refractivity contribution in [2.45, 2.75) is 26.6 Å². The van der Waals surface area contributed by atoms with Gasteiger partial charge in [0.15, 0.2) is 0 Å². The Bertz CT molecular complexity index is 624. The van der Waals surface area contributed by atoms with Crippen LogP contribution in [0.3, 0.4) is 0 Å². The van der Waals surface area contributed by atoms with Crippen LogP contribution < -0.4 is 4.74 Å². The molecule has 1 atom stereocenters. The fourth-order valence-electron chi connectivity index (χ4n) is 1.95. The molecule has 0 bridgehead atoms. The highest BCUT2D eigenvalue weighted by Crippen LogP contribution is 2.27. The molecule has 2 aromatic carbocycles. The van der Waals surface area contributed by atoms with Crippen molar-refractivity contribution in [3.05, 3.63) is 64.7 Å². The van der Waals surface area contributed by atoms with Gasteiger partial charge in [-0.2, -0.15) is 5.26 Å². The molecule has 0 saturated carbocycles. The molecule has 0 fully saturated rings. The molecule has 102 valence electrons. The molecular formula is C17H17NO2. The lowest BCUT2D eigenvalue weighted by atomic mass is 10.1. The summed E-state index contributed by atoms with van der Waals surface area (Å²) in [5.74, 6) is 0.698. The van der Waals surface area contributed by atoms with Crippen LogP contribution in [0.2, 0.25) is 0 Å². The van der Waals surface area contributed by atoms with Gasteiger partial charge in [0.25, 0.3) is 0 Å². The molecular weight excluding hydrogens is 250 g/mol. The number of benzene rings is 2. The molecule has 0 radical (unpaired) electrons. The highest BCUT2D eigenvalue weighted by molar-refractivity contribution is 5.39. The lowest BCUT2D eigenvalue weighted by molar-refractivity contribution is 0.190. The quantitative estimate of drug-likeness (QED) is 0.922. The number of hydrogen-bond donors (Lipinski definition) is 1. The molecule has 3 heteroatoms. The van der Waals surface area contributed by atoms with Crippen LogP contribution in [-0.2, 0) is 6.61 Å². The topological polar surface area (TPSA) is 53.2 Å². The third-order valence-electron chi connectivity index (χ3n) is 3.10. The van der Waals surface area contributed by atoms with Gasteiger partial charge in [0.2, 0.25) is 0 Å². The van der Waals surface area contributed by atoms with E-state index in [1.807, 2.05) is 37.3 Å². The molecule has 3 nitrogen and oxygen atoms in total. The van der Waals surface area contributed by atoms with Gasteiger partial charge in [-0.05, 0) is 43.2 Å². The Kier molecular flexibility index (Phi) is 4.39. The van der Waals surface area contributed by atoms with Gasteiger partial charge in [-0.15, -0.1) is 0 Å². The highest BCUT2D eigenvalue weighted by atomic mass is 16.5. The van der Waals surface area contributed by atoms with Gasteiger partial charge in [-0.3, -0.25) is 0 Å². The summed E-state index contributed by atoms with van der Waals surface area (Å²) < 4.78 is 5.80. The smallest absolute Gasteiger partial charge is 0.125 e. The van der Waals surface area contributed by atoms with Crippen molar-refractivity contribution in [1.82, 2.24) is 0 Å². The van der Waals surface area contributed by atoms with Crippen LogP contribution >= 0.6 is 0 Å². The monoisotopic (exact) mass is 267 g/mol. The molecule has 0 aliphatic heterocycles. The summed E-state index contributed by atoms with van der Waals surface area (Å²) in [5, 5.41) is 18.5. The number of aryl methyl sites for hydroxylation is 1. The van der Waals surface area contributed by atoms with E-state index in [0.717, 1.165) is 16.7 Å². The van der Waals surface area contributed by atoms with Crippen molar-refractivity contribution in [3.63, 3.8) is 0 Å². The number of hydrogen-bond acceptors (Lipinski definition) is 3. The van der Waals surface area contributed by atoms with Crippen molar-refractivity contribution in [3.8, 4) is 11.8 Å². The summed E-state index contributed by atoms with van der Waals surface area (Å²) >= 11 is 0. The van der Waals surface area contributed by atoms with Gasteiger partial charge >= 0.3 is 0 Å². The number of rotatable bonds is 4. The number of nitrogens with zero attached hydrogens (tertiary/aromatic N) is 1. The molecule has 0 spiro atoms. The van der Waals surface area contributed by atoms with Crippen molar-refractivity contribution in [1.29, 1.82) is 5.26 Å². The van der Waals surface area contributed by atoms with Crippen LogP contribution in [0.4, 0.5) is 0 Å². The molecule has 2 rings (SSSR count). The predicted octanol–water partition coefficient (Wildman–Crippen LogP) is 3.50. The molecule has 0 amide bonds. The standard InChI is InChI=1S/C17H17NO2/c1-12-3-8-16(13(2)19)17(9-12)20-11-15-6-4-14(10-18)5-7-15/h3-9,13,19H,11H2,1-2H3/t13-/m0/s1. The summed E-state index contributed by atoms with van der Waals surface area (Å²) in [6.07, 6.45) is -0.563. The van der Waals surface area contributed by atoms with Crippen LogP contribution in [-0.4, -0.2) is 5.11 Å². The zero-order valence-corrected chi connectivity index (χ0v) is 11.6. The molecule has 0 saturated heterocycles.